The Morgan fingerprint density at radius 2 is 2.13 bits per heavy atom. The molecule has 1 aliphatic heterocycles. The lowest BCUT2D eigenvalue weighted by Crippen LogP contribution is -2.71. The van der Waals surface area contributed by atoms with Gasteiger partial charge in [-0.15, -0.1) is 0 Å². The number of likely N-dealkylation sites (tertiary alicyclic amines) is 1. The Hall–Kier alpha value is -1.29. The second kappa shape index (κ2) is 3.70. The number of hydrogen-bond donors (Lipinski definition) is 0. The van der Waals surface area contributed by atoms with Crippen LogP contribution in [0.2, 0.25) is 0 Å². The van der Waals surface area contributed by atoms with Crippen LogP contribution in [0.15, 0.2) is 0 Å². The average Bonchev–Trinajstić information content (AvgIpc) is 2.00. The first-order valence-electron chi connectivity index (χ1n) is 4.13. The first kappa shape index (κ1) is 11.8. The van der Waals surface area contributed by atoms with Gasteiger partial charge in [-0.05, 0) is 0 Å². The van der Waals surface area contributed by atoms with E-state index in [1.54, 1.807) is 6.07 Å². The van der Waals surface area contributed by atoms with Crippen LogP contribution in [0.25, 0.3) is 0 Å². The number of amides is 1. The summed E-state index contributed by atoms with van der Waals surface area (Å²) in [5.74, 6) is -0.602. The highest BCUT2D eigenvalue weighted by Gasteiger charge is 2.63. The van der Waals surface area contributed by atoms with Crippen LogP contribution in [-0.4, -0.2) is 42.8 Å². The van der Waals surface area contributed by atoms with Gasteiger partial charge >= 0.3 is 6.18 Å². The van der Waals surface area contributed by atoms with Crippen LogP contribution in [0.4, 0.5) is 13.2 Å². The molecule has 4 nitrogen and oxygen atoms in total. The molecule has 0 aliphatic carbocycles. The molecule has 1 amide bonds. The van der Waals surface area contributed by atoms with Gasteiger partial charge in [-0.2, -0.15) is 18.4 Å². The molecule has 1 heterocycles. The van der Waals surface area contributed by atoms with Gasteiger partial charge in [-0.25, -0.2) is 0 Å². The van der Waals surface area contributed by atoms with Crippen LogP contribution < -0.4 is 0 Å². The van der Waals surface area contributed by atoms with Crippen molar-refractivity contribution in [3.63, 3.8) is 0 Å². The number of rotatable bonds is 2. The highest BCUT2D eigenvalue weighted by molar-refractivity contribution is 5.79. The van der Waals surface area contributed by atoms with Crippen LogP contribution >= 0.6 is 0 Å². The maximum atomic E-state index is 12.5. The second-order valence-electron chi connectivity index (χ2n) is 3.28. The topological polar surface area (TPSA) is 53.3 Å². The minimum absolute atomic E-state index is 0.405. The first-order chi connectivity index (χ1) is 6.86. The van der Waals surface area contributed by atoms with Crippen LogP contribution in [-0.2, 0) is 9.53 Å². The van der Waals surface area contributed by atoms with Crippen LogP contribution in [0.3, 0.4) is 0 Å². The summed E-state index contributed by atoms with van der Waals surface area (Å²) < 4.78 is 41.7. The molecular weight excluding hydrogens is 213 g/mol. The molecule has 0 radical (unpaired) electrons. The van der Waals surface area contributed by atoms with Crippen molar-refractivity contribution >= 4 is 5.91 Å². The monoisotopic (exact) mass is 222 g/mol. The third kappa shape index (κ3) is 1.90. The molecule has 0 aromatic rings. The zero-order valence-corrected chi connectivity index (χ0v) is 7.97. The van der Waals surface area contributed by atoms with Crippen LogP contribution in [0, 0.1) is 11.3 Å². The summed E-state index contributed by atoms with van der Waals surface area (Å²) in [6.07, 6.45) is -4.90. The molecule has 1 rings (SSSR count). The van der Waals surface area contributed by atoms with E-state index in [0.29, 0.717) is 0 Å². The lowest BCUT2D eigenvalue weighted by Gasteiger charge is -2.49. The maximum Gasteiger partial charge on any atom is 0.420 e. The molecule has 0 atom stereocenters. The molecule has 1 saturated heterocycles. The van der Waals surface area contributed by atoms with Crippen molar-refractivity contribution in [2.24, 2.45) is 0 Å². The van der Waals surface area contributed by atoms with Crippen molar-refractivity contribution < 1.29 is 22.7 Å². The van der Waals surface area contributed by atoms with Gasteiger partial charge in [0.15, 0.2) is 5.60 Å². The number of carbonyl (C=O) groups is 1. The third-order valence-corrected chi connectivity index (χ3v) is 2.38. The fourth-order valence-corrected chi connectivity index (χ4v) is 1.35. The summed E-state index contributed by atoms with van der Waals surface area (Å²) >= 11 is 0. The minimum Gasteiger partial charge on any atom is -0.365 e. The Balaban J connectivity index is 2.61. The zero-order valence-electron chi connectivity index (χ0n) is 7.97. The number of ether oxygens (including phenoxy) is 1. The third-order valence-electron chi connectivity index (χ3n) is 2.38. The number of nitriles is 1. The van der Waals surface area contributed by atoms with Gasteiger partial charge in [0.05, 0.1) is 19.2 Å². The van der Waals surface area contributed by atoms with E-state index in [1.165, 1.54) is 0 Å². The summed E-state index contributed by atoms with van der Waals surface area (Å²) in [6, 6.07) is 1.59. The zero-order chi connectivity index (χ0) is 11.7. The Kier molecular flexibility index (Phi) is 2.90. The highest BCUT2D eigenvalue weighted by atomic mass is 19.4. The minimum atomic E-state index is -4.49. The van der Waals surface area contributed by atoms with Crippen molar-refractivity contribution in [3.8, 4) is 6.07 Å². The van der Waals surface area contributed by atoms with Gasteiger partial charge in [-0.3, -0.25) is 4.79 Å². The lowest BCUT2D eigenvalue weighted by atomic mass is 9.92. The number of halogens is 3. The number of hydrogen-bond acceptors (Lipinski definition) is 3. The molecule has 15 heavy (non-hydrogen) atoms. The van der Waals surface area contributed by atoms with Gasteiger partial charge in [-0.1, -0.05) is 0 Å². The Morgan fingerprint density at radius 3 is 2.47 bits per heavy atom. The fraction of sp³-hybridized carbons (Fsp3) is 0.750. The summed E-state index contributed by atoms with van der Waals surface area (Å²) in [6.45, 7) is -1.07. The van der Waals surface area contributed by atoms with Crippen molar-refractivity contribution in [1.29, 1.82) is 5.26 Å². The molecule has 84 valence electrons. The Morgan fingerprint density at radius 1 is 1.60 bits per heavy atom. The molecule has 1 fully saturated rings. The molecule has 1 aliphatic rings. The summed E-state index contributed by atoms with van der Waals surface area (Å²) in [7, 11) is 0.958. The predicted octanol–water partition coefficient (Wildman–Crippen LogP) is 0.690. The van der Waals surface area contributed by atoms with Gasteiger partial charge in [0.1, 0.15) is 6.42 Å². The van der Waals surface area contributed by atoms with Crippen molar-refractivity contribution in [2.45, 2.75) is 18.2 Å². The smallest absolute Gasteiger partial charge is 0.365 e. The highest BCUT2D eigenvalue weighted by Crippen LogP contribution is 2.40. The number of nitrogens with zero attached hydrogens (tertiary/aromatic N) is 2. The van der Waals surface area contributed by atoms with E-state index in [0.717, 1.165) is 12.0 Å². The van der Waals surface area contributed by atoms with Crippen molar-refractivity contribution in [3.05, 3.63) is 0 Å². The summed E-state index contributed by atoms with van der Waals surface area (Å²) in [5, 5.41) is 8.20. The quantitative estimate of drug-likeness (QED) is 0.690. The van der Waals surface area contributed by atoms with Crippen LogP contribution in [0.5, 0.6) is 0 Å². The molecule has 0 spiro atoms. The van der Waals surface area contributed by atoms with Crippen molar-refractivity contribution in [2.75, 3.05) is 20.2 Å². The van der Waals surface area contributed by atoms with Gasteiger partial charge < -0.3 is 9.64 Å². The lowest BCUT2D eigenvalue weighted by molar-refractivity contribution is -0.306. The summed E-state index contributed by atoms with van der Waals surface area (Å²) in [5.41, 5.74) is -2.25. The molecule has 0 bridgehead atoms. The van der Waals surface area contributed by atoms with E-state index in [9.17, 15) is 18.0 Å². The molecular formula is C8H9F3N2O2. The number of carbonyl (C=O) groups excluding carboxylic acids is 1. The second-order valence-corrected chi connectivity index (χ2v) is 3.28. The van der Waals surface area contributed by atoms with E-state index in [-0.39, 0.29) is 0 Å². The molecule has 0 saturated carbocycles. The SMILES string of the molecule is COC1(C(F)(F)F)CN(C(=O)CC#N)C1. The molecule has 0 aromatic carbocycles. The van der Waals surface area contributed by atoms with Gasteiger partial charge in [0, 0.05) is 7.11 Å². The number of alkyl halides is 3. The van der Waals surface area contributed by atoms with E-state index >= 15 is 0 Å². The van der Waals surface area contributed by atoms with Gasteiger partial charge in [0.25, 0.3) is 0 Å². The number of methoxy groups -OCH3 is 1. The van der Waals surface area contributed by atoms with Gasteiger partial charge in [0.2, 0.25) is 5.91 Å². The Bertz CT molecular complexity index is 302. The maximum absolute atomic E-state index is 12.5. The molecule has 0 N–H and O–H groups in total. The average molecular weight is 222 g/mol. The summed E-state index contributed by atoms with van der Waals surface area (Å²) in [4.78, 5) is 12.0. The van der Waals surface area contributed by atoms with E-state index in [1.807, 2.05) is 0 Å². The molecule has 7 heteroatoms. The fourth-order valence-electron chi connectivity index (χ4n) is 1.35. The predicted molar refractivity (Wildman–Crippen MR) is 42.6 cm³/mol. The van der Waals surface area contributed by atoms with Crippen molar-refractivity contribution in [1.82, 2.24) is 4.90 Å². The first-order valence-corrected chi connectivity index (χ1v) is 4.13. The van der Waals surface area contributed by atoms with E-state index < -0.39 is 37.2 Å². The van der Waals surface area contributed by atoms with E-state index in [4.69, 9.17) is 5.26 Å². The molecule has 0 aromatic heterocycles. The Labute approximate surface area is 84.2 Å². The largest absolute Gasteiger partial charge is 0.420 e. The molecule has 0 unspecified atom stereocenters. The van der Waals surface area contributed by atoms with Crippen LogP contribution in [0.1, 0.15) is 6.42 Å². The van der Waals surface area contributed by atoms with E-state index in [2.05, 4.69) is 4.74 Å². The normalized spacial score (nSPS) is 19.3. The standard InChI is InChI=1S/C8H9F3N2O2/c1-15-7(8(9,10)11)4-13(5-7)6(14)2-3-12/h2,4-5H2,1H3.